The largest absolute Gasteiger partial charge is 0.328 e. The van der Waals surface area contributed by atoms with Gasteiger partial charge in [-0.3, -0.25) is 19.1 Å². The van der Waals surface area contributed by atoms with Gasteiger partial charge in [0.05, 0.1) is 11.6 Å². The average Bonchev–Trinajstić information content (AvgIpc) is 2.35. The molecular formula is C12H8Cl2N2O3. The minimum absolute atomic E-state index is 0.227. The third-order valence-electron chi connectivity index (χ3n) is 2.44. The van der Waals surface area contributed by atoms with Crippen molar-refractivity contribution in [3.63, 3.8) is 0 Å². The molecule has 0 bridgehead atoms. The van der Waals surface area contributed by atoms with Crippen LogP contribution in [0.5, 0.6) is 0 Å². The van der Waals surface area contributed by atoms with Crippen LogP contribution in [0.2, 0.25) is 10.0 Å². The van der Waals surface area contributed by atoms with Crippen molar-refractivity contribution in [2.75, 3.05) is 0 Å². The molecule has 0 saturated heterocycles. The van der Waals surface area contributed by atoms with E-state index in [2.05, 4.69) is 4.98 Å². The molecule has 0 saturated carbocycles. The zero-order chi connectivity index (χ0) is 14.0. The van der Waals surface area contributed by atoms with Crippen LogP contribution in [0.4, 0.5) is 0 Å². The van der Waals surface area contributed by atoms with Crippen molar-refractivity contribution in [1.82, 2.24) is 9.55 Å². The van der Waals surface area contributed by atoms with E-state index in [9.17, 15) is 14.4 Å². The van der Waals surface area contributed by atoms with Gasteiger partial charge in [-0.1, -0.05) is 23.2 Å². The first kappa shape index (κ1) is 13.6. The number of Topliss-reactive ketones (excluding diaryl/α,β-unsaturated/α-hetero) is 1. The Hall–Kier alpha value is -1.85. The van der Waals surface area contributed by atoms with Gasteiger partial charge in [0, 0.05) is 22.8 Å². The highest BCUT2D eigenvalue weighted by molar-refractivity contribution is 6.35. The van der Waals surface area contributed by atoms with E-state index in [0.29, 0.717) is 5.02 Å². The molecule has 1 aromatic carbocycles. The molecule has 2 rings (SSSR count). The van der Waals surface area contributed by atoms with Crippen LogP contribution in [-0.2, 0) is 6.54 Å². The van der Waals surface area contributed by atoms with E-state index in [-0.39, 0.29) is 22.9 Å². The standard InChI is InChI=1S/C12H8Cl2N2O3/c13-7-1-2-9(14)8(5-7)10(17)6-16-4-3-11(18)15-12(16)19/h1-5H,6H2,(H,15,18,19). The Kier molecular flexibility index (Phi) is 3.87. The van der Waals surface area contributed by atoms with Crippen molar-refractivity contribution in [2.24, 2.45) is 0 Å². The Morgan fingerprint density at radius 2 is 1.95 bits per heavy atom. The topological polar surface area (TPSA) is 71.9 Å². The van der Waals surface area contributed by atoms with Gasteiger partial charge in [0.15, 0.2) is 5.78 Å². The molecule has 0 unspecified atom stereocenters. The second-order valence-electron chi connectivity index (χ2n) is 3.79. The molecule has 0 aliphatic carbocycles. The maximum absolute atomic E-state index is 12.0. The molecule has 0 fully saturated rings. The summed E-state index contributed by atoms with van der Waals surface area (Å²) in [5.41, 5.74) is -0.944. The predicted octanol–water partition coefficient (Wildman–Crippen LogP) is 1.73. The summed E-state index contributed by atoms with van der Waals surface area (Å²) in [5, 5.41) is 0.633. The molecule has 98 valence electrons. The summed E-state index contributed by atoms with van der Waals surface area (Å²) < 4.78 is 1.08. The molecule has 1 heterocycles. The molecule has 1 N–H and O–H groups in total. The van der Waals surface area contributed by atoms with E-state index in [0.717, 1.165) is 10.6 Å². The van der Waals surface area contributed by atoms with Crippen LogP contribution in [0.25, 0.3) is 0 Å². The molecule has 0 amide bonds. The number of nitrogens with zero attached hydrogens (tertiary/aromatic N) is 1. The summed E-state index contributed by atoms with van der Waals surface area (Å²) in [6.45, 7) is -0.227. The number of ketones is 1. The van der Waals surface area contributed by atoms with Crippen molar-refractivity contribution in [1.29, 1.82) is 0 Å². The lowest BCUT2D eigenvalue weighted by atomic mass is 10.1. The Balaban J connectivity index is 2.33. The average molecular weight is 299 g/mol. The van der Waals surface area contributed by atoms with Crippen molar-refractivity contribution in [2.45, 2.75) is 6.54 Å². The minimum atomic E-state index is -0.654. The number of carbonyl (C=O) groups excluding carboxylic acids is 1. The number of benzene rings is 1. The molecule has 2 aromatic rings. The van der Waals surface area contributed by atoms with Crippen LogP contribution in [-0.4, -0.2) is 15.3 Å². The summed E-state index contributed by atoms with van der Waals surface area (Å²) >= 11 is 11.7. The fourth-order valence-corrected chi connectivity index (χ4v) is 1.91. The minimum Gasteiger partial charge on any atom is -0.293 e. The van der Waals surface area contributed by atoms with Crippen LogP contribution in [0, 0.1) is 0 Å². The third kappa shape index (κ3) is 3.13. The van der Waals surface area contributed by atoms with Gasteiger partial charge in [-0.2, -0.15) is 0 Å². The van der Waals surface area contributed by atoms with Crippen LogP contribution >= 0.6 is 23.2 Å². The smallest absolute Gasteiger partial charge is 0.293 e. The zero-order valence-corrected chi connectivity index (χ0v) is 11.0. The number of halogens is 2. The molecule has 0 aliphatic rings. The summed E-state index contributed by atoms with van der Waals surface area (Å²) in [6, 6.07) is 5.66. The van der Waals surface area contributed by atoms with Gasteiger partial charge in [0.1, 0.15) is 0 Å². The fraction of sp³-hybridized carbons (Fsp3) is 0.0833. The molecule has 1 aromatic heterocycles. The number of nitrogens with one attached hydrogen (secondary N) is 1. The van der Waals surface area contributed by atoms with Gasteiger partial charge in [0.25, 0.3) is 5.56 Å². The molecule has 0 aliphatic heterocycles. The van der Waals surface area contributed by atoms with E-state index >= 15 is 0 Å². The fourth-order valence-electron chi connectivity index (χ4n) is 1.52. The highest BCUT2D eigenvalue weighted by atomic mass is 35.5. The molecule has 19 heavy (non-hydrogen) atoms. The van der Waals surface area contributed by atoms with Crippen LogP contribution in [0.15, 0.2) is 40.1 Å². The van der Waals surface area contributed by atoms with Gasteiger partial charge < -0.3 is 0 Å². The van der Waals surface area contributed by atoms with Crippen molar-refractivity contribution in [3.8, 4) is 0 Å². The van der Waals surface area contributed by atoms with Crippen LogP contribution < -0.4 is 11.2 Å². The van der Waals surface area contributed by atoms with Gasteiger partial charge >= 0.3 is 5.69 Å². The number of hydrogen-bond acceptors (Lipinski definition) is 3. The number of hydrogen-bond donors (Lipinski definition) is 1. The quantitative estimate of drug-likeness (QED) is 0.877. The second-order valence-corrected chi connectivity index (χ2v) is 4.63. The van der Waals surface area contributed by atoms with Gasteiger partial charge in [-0.05, 0) is 18.2 Å². The predicted molar refractivity (Wildman–Crippen MR) is 72.1 cm³/mol. The van der Waals surface area contributed by atoms with Gasteiger partial charge in [0.2, 0.25) is 0 Å². The first-order valence-electron chi connectivity index (χ1n) is 5.25. The molecule has 0 atom stereocenters. The van der Waals surface area contributed by atoms with E-state index in [1.54, 1.807) is 6.07 Å². The van der Waals surface area contributed by atoms with Gasteiger partial charge in [-0.15, -0.1) is 0 Å². The lowest BCUT2D eigenvalue weighted by molar-refractivity contribution is 0.0970. The van der Waals surface area contributed by atoms with Crippen molar-refractivity contribution < 1.29 is 4.79 Å². The van der Waals surface area contributed by atoms with Gasteiger partial charge in [-0.25, -0.2) is 4.79 Å². The maximum Gasteiger partial charge on any atom is 0.328 e. The summed E-state index contributed by atoms with van der Waals surface area (Å²) in [7, 11) is 0. The van der Waals surface area contributed by atoms with E-state index < -0.39 is 11.2 Å². The van der Waals surface area contributed by atoms with E-state index in [4.69, 9.17) is 23.2 Å². The summed E-state index contributed by atoms with van der Waals surface area (Å²) in [5.74, 6) is -0.373. The number of aromatic amines is 1. The van der Waals surface area contributed by atoms with Crippen molar-refractivity contribution in [3.05, 3.63) is 66.9 Å². The Morgan fingerprint density at radius 1 is 1.21 bits per heavy atom. The Bertz CT molecular complexity index is 749. The Morgan fingerprint density at radius 3 is 2.63 bits per heavy atom. The molecule has 5 nitrogen and oxygen atoms in total. The third-order valence-corrected chi connectivity index (χ3v) is 3.00. The molecular weight excluding hydrogens is 291 g/mol. The number of H-pyrrole nitrogens is 1. The molecule has 7 heteroatoms. The second kappa shape index (κ2) is 5.42. The maximum atomic E-state index is 12.0. The zero-order valence-electron chi connectivity index (χ0n) is 9.52. The SMILES string of the molecule is O=C(Cn1ccc(=O)[nH]c1=O)c1cc(Cl)ccc1Cl. The lowest BCUT2D eigenvalue weighted by Gasteiger charge is -2.06. The highest BCUT2D eigenvalue weighted by Crippen LogP contribution is 2.21. The normalized spacial score (nSPS) is 10.4. The molecule has 0 spiro atoms. The highest BCUT2D eigenvalue weighted by Gasteiger charge is 2.12. The lowest BCUT2D eigenvalue weighted by Crippen LogP contribution is -2.30. The molecule has 0 radical (unpaired) electrons. The summed E-state index contributed by atoms with van der Waals surface area (Å²) in [4.78, 5) is 36.5. The van der Waals surface area contributed by atoms with Crippen LogP contribution in [0.3, 0.4) is 0 Å². The van der Waals surface area contributed by atoms with Crippen LogP contribution in [0.1, 0.15) is 10.4 Å². The number of rotatable bonds is 3. The van der Waals surface area contributed by atoms with Crippen molar-refractivity contribution >= 4 is 29.0 Å². The monoisotopic (exact) mass is 298 g/mol. The first-order chi connectivity index (χ1) is 8.97. The number of carbonyl (C=O) groups is 1. The first-order valence-corrected chi connectivity index (χ1v) is 6.01. The van der Waals surface area contributed by atoms with E-state index in [1.807, 2.05) is 0 Å². The number of aromatic nitrogens is 2. The summed E-state index contributed by atoms with van der Waals surface area (Å²) in [6.07, 6.45) is 1.25. The van der Waals surface area contributed by atoms with E-state index in [1.165, 1.54) is 18.3 Å². The Labute approximate surface area is 117 Å².